The van der Waals surface area contributed by atoms with Crippen molar-refractivity contribution < 1.29 is 14.3 Å². The highest BCUT2D eigenvalue weighted by Gasteiger charge is 2.25. The van der Waals surface area contributed by atoms with Gasteiger partial charge in [-0.3, -0.25) is 4.79 Å². The lowest BCUT2D eigenvalue weighted by Crippen LogP contribution is -2.14. The molecule has 0 aliphatic carbocycles. The zero-order valence-electron chi connectivity index (χ0n) is 12.7. The van der Waals surface area contributed by atoms with Gasteiger partial charge >= 0.3 is 0 Å². The minimum Gasteiger partial charge on any atom is -0.508 e. The van der Waals surface area contributed by atoms with Crippen LogP contribution in [0.15, 0.2) is 34.9 Å². The molecule has 3 aromatic rings. The van der Waals surface area contributed by atoms with Crippen LogP contribution in [0.4, 0.5) is 5.82 Å². The van der Waals surface area contributed by atoms with Gasteiger partial charge in [0.05, 0.1) is 12.0 Å². The third-order valence-corrected chi connectivity index (χ3v) is 3.74. The predicted octanol–water partition coefficient (Wildman–Crippen LogP) is 2.14. The number of primary amides is 1. The van der Waals surface area contributed by atoms with Gasteiger partial charge < -0.3 is 21.0 Å². The maximum absolute atomic E-state index is 11.8. The highest BCUT2D eigenvalue weighted by molar-refractivity contribution is 6.03. The van der Waals surface area contributed by atoms with Crippen LogP contribution in [0, 0.1) is 13.8 Å². The number of aromatic hydroxyl groups is 1. The van der Waals surface area contributed by atoms with E-state index in [1.807, 2.05) is 6.92 Å². The molecule has 0 spiro atoms. The molecule has 0 saturated heterocycles. The van der Waals surface area contributed by atoms with Gasteiger partial charge in [-0.2, -0.15) is 5.10 Å². The van der Waals surface area contributed by atoms with Crippen molar-refractivity contribution in [2.75, 3.05) is 5.73 Å². The van der Waals surface area contributed by atoms with Crippen LogP contribution in [0.5, 0.6) is 5.75 Å². The first-order valence-electron chi connectivity index (χ1n) is 6.93. The number of benzene rings is 1. The largest absolute Gasteiger partial charge is 0.508 e. The van der Waals surface area contributed by atoms with Crippen molar-refractivity contribution in [2.24, 2.45) is 5.73 Å². The number of hydrogen-bond acceptors (Lipinski definition) is 5. The number of aryl methyl sites for hydroxylation is 1. The van der Waals surface area contributed by atoms with E-state index in [9.17, 15) is 9.90 Å². The highest BCUT2D eigenvalue weighted by atomic mass is 16.3. The normalized spacial score (nSPS) is 10.9. The van der Waals surface area contributed by atoms with E-state index in [0.717, 1.165) is 5.56 Å². The summed E-state index contributed by atoms with van der Waals surface area (Å²) in [5.41, 5.74) is 14.0. The maximum atomic E-state index is 11.8. The number of nitrogens with zero attached hydrogens (tertiary/aromatic N) is 2. The van der Waals surface area contributed by atoms with E-state index in [2.05, 4.69) is 5.10 Å². The van der Waals surface area contributed by atoms with Crippen molar-refractivity contribution >= 4 is 11.7 Å². The van der Waals surface area contributed by atoms with Crippen molar-refractivity contribution in [1.29, 1.82) is 0 Å². The molecule has 2 heterocycles. The number of furan rings is 1. The first-order valence-corrected chi connectivity index (χ1v) is 6.93. The number of hydrogen-bond donors (Lipinski definition) is 3. The molecule has 0 atom stereocenters. The fourth-order valence-electron chi connectivity index (χ4n) is 2.58. The number of rotatable bonds is 3. The minimum atomic E-state index is -0.699. The van der Waals surface area contributed by atoms with E-state index in [-0.39, 0.29) is 22.8 Å². The Morgan fingerprint density at radius 1 is 1.30 bits per heavy atom. The number of anilines is 1. The van der Waals surface area contributed by atoms with E-state index in [1.165, 1.54) is 10.9 Å². The number of amides is 1. The molecule has 0 saturated carbocycles. The maximum Gasteiger partial charge on any atom is 0.254 e. The SMILES string of the molecule is Cc1ccc(O)c(C)c1-n1nc(-c2ccco2)c(C(N)=O)c1N. The smallest absolute Gasteiger partial charge is 0.254 e. The van der Waals surface area contributed by atoms with Crippen LogP contribution < -0.4 is 11.5 Å². The molecular formula is C16H16N4O3. The summed E-state index contributed by atoms with van der Waals surface area (Å²) in [4.78, 5) is 11.8. The summed E-state index contributed by atoms with van der Waals surface area (Å²) in [6, 6.07) is 6.69. The number of carbonyl (C=O) groups is 1. The Balaban J connectivity index is 2.33. The molecule has 118 valence electrons. The number of aromatic nitrogens is 2. The van der Waals surface area contributed by atoms with Gasteiger partial charge in [-0.25, -0.2) is 4.68 Å². The van der Waals surface area contributed by atoms with Crippen molar-refractivity contribution in [1.82, 2.24) is 9.78 Å². The molecule has 23 heavy (non-hydrogen) atoms. The van der Waals surface area contributed by atoms with Gasteiger partial charge in [0.15, 0.2) is 5.76 Å². The second-order valence-electron chi connectivity index (χ2n) is 5.24. The average Bonchev–Trinajstić information content (AvgIpc) is 3.12. The van der Waals surface area contributed by atoms with Crippen LogP contribution >= 0.6 is 0 Å². The number of nitrogens with two attached hydrogens (primary N) is 2. The van der Waals surface area contributed by atoms with Crippen molar-refractivity contribution in [3.8, 4) is 22.9 Å². The number of phenols is 1. The molecule has 7 heteroatoms. The monoisotopic (exact) mass is 312 g/mol. The average molecular weight is 312 g/mol. The molecule has 1 aromatic carbocycles. The third kappa shape index (κ3) is 2.22. The van der Waals surface area contributed by atoms with E-state index < -0.39 is 5.91 Å². The molecule has 3 rings (SSSR count). The second kappa shape index (κ2) is 5.20. The van der Waals surface area contributed by atoms with Gasteiger partial charge in [0.1, 0.15) is 22.8 Å². The van der Waals surface area contributed by atoms with Crippen LogP contribution in [-0.2, 0) is 0 Å². The number of carbonyl (C=O) groups excluding carboxylic acids is 1. The van der Waals surface area contributed by atoms with Gasteiger partial charge in [0.25, 0.3) is 5.91 Å². The van der Waals surface area contributed by atoms with E-state index in [0.29, 0.717) is 17.0 Å². The summed E-state index contributed by atoms with van der Waals surface area (Å²) in [7, 11) is 0. The standard InChI is InChI=1S/C16H16N4O3/c1-8-5-6-10(21)9(2)14(8)20-15(17)12(16(18)22)13(19-20)11-4-3-7-23-11/h3-7,21H,17H2,1-2H3,(H2,18,22). The van der Waals surface area contributed by atoms with Crippen molar-refractivity contribution in [2.45, 2.75) is 13.8 Å². The Morgan fingerprint density at radius 3 is 2.65 bits per heavy atom. The summed E-state index contributed by atoms with van der Waals surface area (Å²) in [6.07, 6.45) is 1.47. The summed E-state index contributed by atoms with van der Waals surface area (Å²) < 4.78 is 6.72. The van der Waals surface area contributed by atoms with Crippen molar-refractivity contribution in [3.63, 3.8) is 0 Å². The Labute approximate surface area is 132 Å². The second-order valence-corrected chi connectivity index (χ2v) is 5.24. The Hall–Kier alpha value is -3.22. The van der Waals surface area contributed by atoms with E-state index in [4.69, 9.17) is 15.9 Å². The Bertz CT molecular complexity index is 895. The molecule has 0 aliphatic heterocycles. The summed E-state index contributed by atoms with van der Waals surface area (Å²) in [5.74, 6) is -0.100. The lowest BCUT2D eigenvalue weighted by atomic mass is 10.1. The minimum absolute atomic E-state index is 0.0853. The quantitative estimate of drug-likeness (QED) is 0.684. The topological polar surface area (TPSA) is 120 Å². The van der Waals surface area contributed by atoms with Gasteiger partial charge in [0, 0.05) is 5.56 Å². The first kappa shape index (κ1) is 14.7. The molecule has 1 amide bonds. The Morgan fingerprint density at radius 2 is 2.04 bits per heavy atom. The number of phenolic OH excluding ortho intramolecular Hbond substituents is 1. The zero-order chi connectivity index (χ0) is 16.7. The molecule has 0 bridgehead atoms. The van der Waals surface area contributed by atoms with Crippen molar-refractivity contribution in [3.05, 3.63) is 47.2 Å². The molecule has 5 N–H and O–H groups in total. The van der Waals surface area contributed by atoms with Gasteiger partial charge in [-0.05, 0) is 37.6 Å². The van der Waals surface area contributed by atoms with Gasteiger partial charge in [-0.15, -0.1) is 0 Å². The number of nitrogen functional groups attached to an aromatic ring is 1. The highest BCUT2D eigenvalue weighted by Crippen LogP contribution is 2.33. The molecule has 0 fully saturated rings. The summed E-state index contributed by atoms with van der Waals surface area (Å²) >= 11 is 0. The van der Waals surface area contributed by atoms with E-state index >= 15 is 0 Å². The molecular weight excluding hydrogens is 296 g/mol. The summed E-state index contributed by atoms with van der Waals surface area (Å²) in [5, 5.41) is 14.3. The third-order valence-electron chi connectivity index (χ3n) is 3.74. The lowest BCUT2D eigenvalue weighted by Gasteiger charge is -2.12. The van der Waals surface area contributed by atoms with Crippen LogP contribution in [0.25, 0.3) is 17.1 Å². The van der Waals surface area contributed by atoms with Gasteiger partial charge in [-0.1, -0.05) is 6.07 Å². The molecule has 0 aliphatic rings. The van der Waals surface area contributed by atoms with E-state index in [1.54, 1.807) is 31.2 Å². The Kier molecular flexibility index (Phi) is 3.33. The van der Waals surface area contributed by atoms with Crippen LogP contribution in [-0.4, -0.2) is 20.8 Å². The fourth-order valence-corrected chi connectivity index (χ4v) is 2.58. The first-order chi connectivity index (χ1) is 10.9. The van der Waals surface area contributed by atoms with Gasteiger partial charge in [0.2, 0.25) is 0 Å². The predicted molar refractivity (Wildman–Crippen MR) is 85.3 cm³/mol. The molecule has 2 aromatic heterocycles. The fraction of sp³-hybridized carbons (Fsp3) is 0.125. The lowest BCUT2D eigenvalue weighted by molar-refractivity contribution is 0.100. The zero-order valence-corrected chi connectivity index (χ0v) is 12.7. The van der Waals surface area contributed by atoms with Crippen LogP contribution in [0.2, 0.25) is 0 Å². The molecule has 0 radical (unpaired) electrons. The van der Waals surface area contributed by atoms with Crippen LogP contribution in [0.3, 0.4) is 0 Å². The molecule has 7 nitrogen and oxygen atoms in total. The van der Waals surface area contributed by atoms with Crippen LogP contribution in [0.1, 0.15) is 21.5 Å². The summed E-state index contributed by atoms with van der Waals surface area (Å²) in [6.45, 7) is 3.61. The molecule has 0 unspecified atom stereocenters.